The third-order valence-electron chi connectivity index (χ3n) is 2.67. The fourth-order valence-electron chi connectivity index (χ4n) is 1.54. The minimum atomic E-state index is -0.482. The van der Waals surface area contributed by atoms with Gasteiger partial charge in [-0.2, -0.15) is 0 Å². The predicted molar refractivity (Wildman–Crippen MR) is 63.4 cm³/mol. The highest BCUT2D eigenvalue weighted by molar-refractivity contribution is 6.30. The molecule has 0 radical (unpaired) electrons. The molecule has 0 aliphatic heterocycles. The van der Waals surface area contributed by atoms with E-state index in [9.17, 15) is 4.79 Å². The first kappa shape index (κ1) is 11.4. The van der Waals surface area contributed by atoms with Crippen molar-refractivity contribution in [3.05, 3.63) is 29.6 Å². The lowest BCUT2D eigenvalue weighted by atomic mass is 10.2. The number of alkyl halides is 1. The Morgan fingerprint density at radius 3 is 3.06 bits per heavy atom. The summed E-state index contributed by atoms with van der Waals surface area (Å²) in [5, 5.41) is 2.30. The molecule has 1 aliphatic rings. The molecule has 1 unspecified atom stereocenters. The van der Waals surface area contributed by atoms with E-state index in [1.165, 1.54) is 12.8 Å². The van der Waals surface area contributed by atoms with Crippen LogP contribution in [0.4, 0.5) is 0 Å². The van der Waals surface area contributed by atoms with Crippen LogP contribution in [0, 0.1) is 0 Å². The molecule has 0 aromatic carbocycles. The van der Waals surface area contributed by atoms with E-state index in [4.69, 9.17) is 11.6 Å². The normalized spacial score (nSPS) is 16.9. The van der Waals surface area contributed by atoms with Crippen molar-refractivity contribution in [3.8, 4) is 0 Å². The molecule has 4 heteroatoms. The van der Waals surface area contributed by atoms with Crippen LogP contribution in [0.3, 0.4) is 0 Å². The van der Waals surface area contributed by atoms with Crippen molar-refractivity contribution in [2.75, 3.05) is 0 Å². The van der Waals surface area contributed by atoms with Gasteiger partial charge in [0.15, 0.2) is 0 Å². The van der Waals surface area contributed by atoms with Gasteiger partial charge in [-0.1, -0.05) is 0 Å². The lowest BCUT2D eigenvalue weighted by molar-refractivity contribution is -0.120. The van der Waals surface area contributed by atoms with Gasteiger partial charge in [0.25, 0.3) is 0 Å². The molecule has 0 spiro atoms. The van der Waals surface area contributed by atoms with E-state index >= 15 is 0 Å². The maximum atomic E-state index is 11.3. The fraction of sp³-hybridized carbons (Fsp3) is 0.500. The van der Waals surface area contributed by atoms with Crippen molar-refractivity contribution < 1.29 is 4.79 Å². The number of nitrogens with one attached hydrogen (secondary N) is 1. The van der Waals surface area contributed by atoms with E-state index in [1.807, 2.05) is 6.07 Å². The average molecular weight is 239 g/mol. The van der Waals surface area contributed by atoms with Gasteiger partial charge in [-0.25, -0.2) is 0 Å². The second-order valence-electron chi connectivity index (χ2n) is 4.20. The molecule has 1 heterocycles. The minimum Gasteiger partial charge on any atom is -0.351 e. The first-order valence-electron chi connectivity index (χ1n) is 5.53. The van der Waals surface area contributed by atoms with Crippen LogP contribution in [-0.4, -0.2) is 16.3 Å². The number of amides is 1. The number of carbonyl (C=O) groups is 1. The maximum absolute atomic E-state index is 11.3. The van der Waals surface area contributed by atoms with E-state index in [2.05, 4.69) is 16.4 Å². The van der Waals surface area contributed by atoms with Crippen LogP contribution >= 0.6 is 11.6 Å². The third kappa shape index (κ3) is 2.95. The molecule has 1 aliphatic carbocycles. The molecule has 1 aromatic rings. The summed E-state index contributed by atoms with van der Waals surface area (Å²) in [6.45, 7) is 2.19. The Balaban J connectivity index is 1.93. The van der Waals surface area contributed by atoms with E-state index in [1.54, 1.807) is 13.1 Å². The Hall–Kier alpha value is -1.09. The zero-order valence-electron chi connectivity index (χ0n) is 9.24. The van der Waals surface area contributed by atoms with Gasteiger partial charge in [0, 0.05) is 24.4 Å². The second kappa shape index (κ2) is 4.83. The zero-order valence-corrected chi connectivity index (χ0v) is 10.00. The fourth-order valence-corrected chi connectivity index (χ4v) is 1.61. The summed E-state index contributed by atoms with van der Waals surface area (Å²) in [6, 6.07) is 3.99. The van der Waals surface area contributed by atoms with E-state index in [0.29, 0.717) is 12.5 Å². The zero-order chi connectivity index (χ0) is 11.5. The molecular weight excluding hydrogens is 224 g/mol. The quantitative estimate of drug-likeness (QED) is 0.818. The van der Waals surface area contributed by atoms with Crippen LogP contribution in [0.25, 0.3) is 0 Å². The minimum absolute atomic E-state index is 0.133. The van der Waals surface area contributed by atoms with Crippen LogP contribution in [0.1, 0.15) is 36.9 Å². The van der Waals surface area contributed by atoms with Gasteiger partial charge in [-0.15, -0.1) is 11.6 Å². The second-order valence-corrected chi connectivity index (χ2v) is 4.85. The summed E-state index contributed by atoms with van der Waals surface area (Å²) in [7, 11) is 0. The molecule has 1 amide bonds. The van der Waals surface area contributed by atoms with Crippen LogP contribution in [0.15, 0.2) is 18.3 Å². The van der Waals surface area contributed by atoms with Crippen molar-refractivity contribution in [2.24, 2.45) is 0 Å². The highest BCUT2D eigenvalue weighted by Gasteiger charge is 2.24. The monoisotopic (exact) mass is 238 g/mol. The number of hydrogen-bond donors (Lipinski definition) is 1. The number of hydrogen-bond acceptors (Lipinski definition) is 2. The number of nitrogens with zero attached hydrogens (tertiary/aromatic N) is 1. The Bertz CT molecular complexity index is 388. The number of aromatic nitrogens is 1. The molecule has 1 atom stereocenters. The van der Waals surface area contributed by atoms with Crippen LogP contribution in [0.5, 0.6) is 0 Å². The smallest absolute Gasteiger partial charge is 0.238 e. The molecule has 2 rings (SSSR count). The van der Waals surface area contributed by atoms with Crippen LogP contribution in [0.2, 0.25) is 0 Å². The number of halogens is 1. The SMILES string of the molecule is CC(Cl)C(=O)NCc1ccnc(C2CC2)c1. The van der Waals surface area contributed by atoms with E-state index in [-0.39, 0.29) is 5.91 Å². The van der Waals surface area contributed by atoms with Crippen LogP contribution < -0.4 is 5.32 Å². The van der Waals surface area contributed by atoms with Gasteiger partial charge in [-0.05, 0) is 37.5 Å². The van der Waals surface area contributed by atoms with Gasteiger partial charge < -0.3 is 5.32 Å². The Kier molecular flexibility index (Phi) is 3.44. The summed E-state index contributed by atoms with van der Waals surface area (Å²) in [5.41, 5.74) is 2.23. The number of carbonyl (C=O) groups excluding carboxylic acids is 1. The van der Waals surface area contributed by atoms with Gasteiger partial charge >= 0.3 is 0 Å². The van der Waals surface area contributed by atoms with Crippen molar-refractivity contribution in [2.45, 2.75) is 37.6 Å². The Morgan fingerprint density at radius 1 is 1.69 bits per heavy atom. The summed E-state index contributed by atoms with van der Waals surface area (Å²) in [5.74, 6) is 0.508. The van der Waals surface area contributed by atoms with Crippen molar-refractivity contribution in [1.29, 1.82) is 0 Å². The van der Waals surface area contributed by atoms with Gasteiger partial charge in [-0.3, -0.25) is 9.78 Å². The molecule has 16 heavy (non-hydrogen) atoms. The average Bonchev–Trinajstić information content (AvgIpc) is 3.10. The molecule has 1 N–H and O–H groups in total. The number of rotatable bonds is 4. The van der Waals surface area contributed by atoms with Crippen LogP contribution in [-0.2, 0) is 11.3 Å². The highest BCUT2D eigenvalue weighted by atomic mass is 35.5. The molecule has 0 saturated heterocycles. The Labute approximate surface area is 100 Å². The van der Waals surface area contributed by atoms with Gasteiger partial charge in [0.1, 0.15) is 5.38 Å². The Morgan fingerprint density at radius 2 is 2.44 bits per heavy atom. The van der Waals surface area contributed by atoms with Crippen molar-refractivity contribution in [1.82, 2.24) is 10.3 Å². The lowest BCUT2D eigenvalue weighted by Gasteiger charge is -2.07. The summed E-state index contributed by atoms with van der Waals surface area (Å²) < 4.78 is 0. The first-order valence-corrected chi connectivity index (χ1v) is 5.97. The van der Waals surface area contributed by atoms with Gasteiger partial charge in [0.2, 0.25) is 5.91 Å². The van der Waals surface area contributed by atoms with E-state index in [0.717, 1.165) is 11.3 Å². The molecular formula is C12H15ClN2O. The topological polar surface area (TPSA) is 42.0 Å². The van der Waals surface area contributed by atoms with Crippen molar-refractivity contribution >= 4 is 17.5 Å². The highest BCUT2D eigenvalue weighted by Crippen LogP contribution is 2.38. The third-order valence-corrected chi connectivity index (χ3v) is 2.87. The molecule has 3 nitrogen and oxygen atoms in total. The summed E-state index contributed by atoms with van der Waals surface area (Å²) >= 11 is 5.66. The van der Waals surface area contributed by atoms with Crippen molar-refractivity contribution in [3.63, 3.8) is 0 Å². The molecule has 86 valence electrons. The molecule has 1 saturated carbocycles. The summed E-state index contributed by atoms with van der Waals surface area (Å²) in [4.78, 5) is 15.6. The molecule has 0 bridgehead atoms. The maximum Gasteiger partial charge on any atom is 0.238 e. The van der Waals surface area contributed by atoms with E-state index < -0.39 is 5.38 Å². The molecule has 1 aromatic heterocycles. The molecule has 1 fully saturated rings. The largest absolute Gasteiger partial charge is 0.351 e. The first-order chi connectivity index (χ1) is 7.66. The van der Waals surface area contributed by atoms with Gasteiger partial charge in [0.05, 0.1) is 0 Å². The standard InChI is InChI=1S/C12H15ClN2O/c1-8(13)12(16)15-7-9-4-5-14-11(6-9)10-2-3-10/h4-6,8,10H,2-3,7H2,1H3,(H,15,16). The number of pyridine rings is 1. The lowest BCUT2D eigenvalue weighted by Crippen LogP contribution is -2.29. The summed E-state index contributed by atoms with van der Waals surface area (Å²) in [6.07, 6.45) is 4.28. The predicted octanol–water partition coefficient (Wildman–Crippen LogP) is 2.20.